The van der Waals surface area contributed by atoms with Gasteiger partial charge in [-0.1, -0.05) is 0 Å². The highest BCUT2D eigenvalue weighted by Crippen LogP contribution is 2.47. The first-order valence-corrected chi connectivity index (χ1v) is 28.4. The van der Waals surface area contributed by atoms with Gasteiger partial charge in [-0.25, -0.2) is 58.3 Å². The number of fused-ring (bicyclic) bond motifs is 20. The van der Waals surface area contributed by atoms with E-state index in [4.69, 9.17) is 38.9 Å². The summed E-state index contributed by atoms with van der Waals surface area (Å²) in [7, 11) is 5.28. The Hall–Kier alpha value is -13.4. The van der Waals surface area contributed by atoms with E-state index >= 15 is 0 Å². The average molecular weight is 1280 g/mol. The van der Waals surface area contributed by atoms with Gasteiger partial charge < -0.3 is 79.8 Å². The summed E-state index contributed by atoms with van der Waals surface area (Å²) < 4.78 is 25.0. The zero-order valence-corrected chi connectivity index (χ0v) is 49.3. The van der Waals surface area contributed by atoms with Gasteiger partial charge >= 0.3 is 47.8 Å². The fourth-order valence-electron chi connectivity index (χ4n) is 11.9. The summed E-state index contributed by atoms with van der Waals surface area (Å²) >= 11 is 0. The molecule has 0 amide bonds. The quantitative estimate of drug-likeness (QED) is 0.0434. The topological polar surface area (TPSA) is 407 Å². The predicted molar refractivity (Wildman–Crippen MR) is 331 cm³/mol. The number of carboxylic acid groups (broad SMARTS) is 8. The molecule has 0 aliphatic carbocycles. The molecule has 5 aliphatic heterocycles. The van der Waals surface area contributed by atoms with Crippen LogP contribution in [0.1, 0.15) is 152 Å². The number of aliphatic imine (C=N–C) groups is 4. The molecule has 4 unspecified atom stereocenters. The van der Waals surface area contributed by atoms with Gasteiger partial charge in [0.25, 0.3) is 0 Å². The molecule has 0 fully saturated rings. The lowest BCUT2D eigenvalue weighted by molar-refractivity contribution is 0.0651. The van der Waals surface area contributed by atoms with Crippen molar-refractivity contribution in [2.45, 2.75) is 24.7 Å². The van der Waals surface area contributed by atoms with E-state index in [0.29, 0.717) is 67.9 Å². The van der Waals surface area contributed by atoms with Crippen molar-refractivity contribution in [1.29, 1.82) is 0 Å². The van der Waals surface area contributed by atoms with Crippen molar-refractivity contribution in [3.05, 3.63) is 235 Å². The van der Waals surface area contributed by atoms with Crippen LogP contribution in [0.15, 0.2) is 166 Å². The maximum atomic E-state index is 12.3. The molecule has 28 heteroatoms. The Morgan fingerprint density at radius 1 is 0.305 bits per heavy atom. The monoisotopic (exact) mass is 1280 g/mol. The third kappa shape index (κ3) is 10.8. The summed E-state index contributed by atoms with van der Waals surface area (Å²) in [5.74, 6) is -9.65. The second kappa shape index (κ2) is 23.1. The van der Waals surface area contributed by atoms with Gasteiger partial charge in [-0.05, 0) is 146 Å². The molecule has 95 heavy (non-hydrogen) atoms. The number of amidine groups is 4. The Morgan fingerprint density at radius 3 is 0.842 bits per heavy atom. The minimum absolute atomic E-state index is 0.000685. The second-order valence-corrected chi connectivity index (χ2v) is 22.0. The number of carboxylic acids is 8. The van der Waals surface area contributed by atoms with Crippen LogP contribution in [0, 0.1) is 0 Å². The normalized spacial score (nSPS) is 19.1. The molecule has 0 saturated carbocycles. The van der Waals surface area contributed by atoms with Crippen molar-refractivity contribution in [2.24, 2.45) is 20.0 Å². The van der Waals surface area contributed by atoms with Crippen molar-refractivity contribution in [2.75, 3.05) is 21.1 Å². The van der Waals surface area contributed by atoms with Gasteiger partial charge in [-0.2, -0.15) is 0 Å². The zero-order valence-electron chi connectivity index (χ0n) is 49.3. The molecule has 13 rings (SSSR count). The Labute approximate surface area is 533 Å². The Kier molecular flexibility index (Phi) is 14.7. The van der Waals surface area contributed by atoms with Crippen molar-refractivity contribution >= 4 is 71.1 Å². The smallest absolute Gasteiger partial charge is 0.336 e. The summed E-state index contributed by atoms with van der Waals surface area (Å²) in [6.07, 6.45) is -3.87. The van der Waals surface area contributed by atoms with Crippen LogP contribution in [0.3, 0.4) is 0 Å². The molecule has 4 atom stereocenters. The molecular weight excluding hydrogens is 1240 g/mol. The van der Waals surface area contributed by atoms with Crippen molar-refractivity contribution in [3.63, 3.8) is 0 Å². The lowest BCUT2D eigenvalue weighted by Gasteiger charge is -2.26. The van der Waals surface area contributed by atoms with Gasteiger partial charge in [0.2, 0.25) is 0 Å². The van der Waals surface area contributed by atoms with E-state index < -0.39 is 117 Å². The lowest BCUT2D eigenvalue weighted by Crippen LogP contribution is -2.31. The van der Waals surface area contributed by atoms with E-state index in [-0.39, 0.29) is 46.0 Å². The highest BCUT2D eigenvalue weighted by Gasteiger charge is 2.43. The van der Waals surface area contributed by atoms with Gasteiger partial charge in [0, 0.05) is 65.7 Å². The number of carbonyl (C=O) groups is 8. The summed E-state index contributed by atoms with van der Waals surface area (Å²) in [4.78, 5) is 124. The van der Waals surface area contributed by atoms with Gasteiger partial charge in [-0.3, -0.25) is 0 Å². The summed E-state index contributed by atoms with van der Waals surface area (Å²) in [6.45, 7) is 0. The lowest BCUT2D eigenvalue weighted by atomic mass is 10.1. The number of hydrogen-bond donors (Lipinski definition) is 9. The summed E-state index contributed by atoms with van der Waals surface area (Å²) in [5.41, 5.74) is 0.303. The Bertz CT molecular complexity index is 4920. The third-order valence-corrected chi connectivity index (χ3v) is 16.3. The maximum Gasteiger partial charge on any atom is 0.336 e. The van der Waals surface area contributed by atoms with Gasteiger partial charge in [0.15, 0.2) is 18.5 Å². The fraction of sp³-hybridized carbons (Fsp3) is 0.104. The molecule has 0 spiro atoms. The fourth-order valence-corrected chi connectivity index (χ4v) is 11.9. The van der Waals surface area contributed by atoms with Crippen LogP contribution in [0.2, 0.25) is 0 Å². The molecule has 0 aromatic heterocycles. The Balaban J connectivity index is 1.00. The molecule has 0 saturated heterocycles. The molecule has 474 valence electrons. The van der Waals surface area contributed by atoms with E-state index in [1.165, 1.54) is 24.3 Å². The molecule has 5 heterocycles. The van der Waals surface area contributed by atoms with E-state index in [9.17, 15) is 79.2 Å². The molecule has 5 aliphatic rings. The largest absolute Gasteiger partial charge is 0.478 e. The highest BCUT2D eigenvalue weighted by molar-refractivity contribution is 6.10. The van der Waals surface area contributed by atoms with Crippen LogP contribution in [0.5, 0.6) is 46.0 Å². The van der Waals surface area contributed by atoms with Crippen LogP contribution in [-0.2, 0) is 0 Å². The zero-order chi connectivity index (χ0) is 67.2. The number of hydrogen-bond acceptors (Lipinski definition) is 20. The SMILES string of the molecule is CN1/C2=N\C3c4cc(Oc5ccc(C(=O)O)c(C(=O)O)c5)ccc4/C(=N/C4c5cc(Oc6ccc(C(=O)O)c(C(=O)O)c6)ccc5/C(=N/C5N/C(=N\C1c1cc(Oc6ccc(C(=O)O)c(C(=O)O)c6)ccc12)c1ccc(Oc2ccc(C(=O)O)c(C(=O)O)c2)cc15)N4C)N3C. The average Bonchev–Trinajstić information content (AvgIpc) is 1.58. The number of benzene rings is 8. The van der Waals surface area contributed by atoms with Crippen molar-refractivity contribution < 1.29 is 98.2 Å². The molecule has 8 bridgehead atoms. The predicted octanol–water partition coefficient (Wildman–Crippen LogP) is 9.98. The first kappa shape index (κ1) is 60.5. The number of ether oxygens (including phenoxy) is 4. The maximum absolute atomic E-state index is 12.3. The number of aromatic carboxylic acids is 8. The minimum atomic E-state index is -1.50. The van der Waals surface area contributed by atoms with Gasteiger partial charge in [0.1, 0.15) is 75.5 Å². The first-order chi connectivity index (χ1) is 45.4. The van der Waals surface area contributed by atoms with Crippen molar-refractivity contribution in [3.8, 4) is 46.0 Å². The second-order valence-electron chi connectivity index (χ2n) is 22.0. The standard InChI is InChI=1S/C67H46N8O20/c1-73-54-37-13-5-30(94-34-10-18-42(62(80)81)50(26-34)66(88)89)22-46(37)58(73)72-56-39-15-7-31(95-35-11-19-43(63(82)83)51(27-35)67(90)91)23-47(39)59(75(56)3)71-55-38-14-6-29(93-33-9-17-41(61(78)79)49(25-33)65(86)87)21-45(38)57(74(55)2)69-52-36-12-4-28(20-44(36)53(68-52)70-54)92-32-8-16-40(60(76)77)48(24-32)64(84)85/h4-27,53,57-59H,1-3H3,(H,68,69)(H,76,77)(H,78,79)(H,80,81)(H,82,83)(H,84,85)(H,86,87)(H,88,89)(H,90,91)/b70-54-,71-55-,72-56-. The number of nitrogens with one attached hydrogen (secondary N) is 1. The third-order valence-electron chi connectivity index (χ3n) is 16.3. The van der Waals surface area contributed by atoms with Crippen LogP contribution in [0.4, 0.5) is 0 Å². The molecule has 9 N–H and O–H groups in total. The molecule has 8 aromatic rings. The highest BCUT2D eigenvalue weighted by atomic mass is 16.5. The van der Waals surface area contributed by atoms with Gasteiger partial charge in [0.05, 0.1) is 44.5 Å². The molecule has 28 nitrogen and oxygen atoms in total. The number of nitrogens with zero attached hydrogens (tertiary/aromatic N) is 7. The van der Waals surface area contributed by atoms with Gasteiger partial charge in [-0.15, -0.1) is 0 Å². The van der Waals surface area contributed by atoms with E-state index in [2.05, 4.69) is 5.32 Å². The van der Waals surface area contributed by atoms with E-state index in [1.807, 2.05) is 4.90 Å². The van der Waals surface area contributed by atoms with Crippen LogP contribution >= 0.6 is 0 Å². The number of rotatable bonds is 16. The van der Waals surface area contributed by atoms with Crippen LogP contribution in [-0.4, -0.2) is 148 Å². The first-order valence-electron chi connectivity index (χ1n) is 28.4. The van der Waals surface area contributed by atoms with Crippen LogP contribution in [0.25, 0.3) is 0 Å². The Morgan fingerprint density at radius 2 is 0.547 bits per heavy atom. The summed E-state index contributed by atoms with van der Waals surface area (Å²) in [5, 5.41) is 82.4. The van der Waals surface area contributed by atoms with Crippen LogP contribution < -0.4 is 24.3 Å². The van der Waals surface area contributed by atoms with E-state index in [1.54, 1.807) is 104 Å². The minimum Gasteiger partial charge on any atom is -0.478 e. The molecule has 0 radical (unpaired) electrons. The molecule has 8 aromatic carbocycles. The summed E-state index contributed by atoms with van der Waals surface area (Å²) in [6, 6.07) is 34.2. The molecular formula is C67H46N8O20. The van der Waals surface area contributed by atoms with Crippen molar-refractivity contribution in [1.82, 2.24) is 20.0 Å². The van der Waals surface area contributed by atoms with E-state index in [0.717, 1.165) is 48.5 Å².